The van der Waals surface area contributed by atoms with Crippen LogP contribution in [-0.4, -0.2) is 11.7 Å². The van der Waals surface area contributed by atoms with Crippen LogP contribution in [0.15, 0.2) is 12.2 Å². The van der Waals surface area contributed by atoms with Crippen molar-refractivity contribution in [1.29, 1.82) is 0 Å². The minimum Gasteiger partial charge on any atom is -0.396 e. The van der Waals surface area contributed by atoms with Crippen molar-refractivity contribution >= 4 is 0 Å². The molecule has 4 atom stereocenters. The van der Waals surface area contributed by atoms with E-state index in [2.05, 4.69) is 20.4 Å². The summed E-state index contributed by atoms with van der Waals surface area (Å²) in [5.74, 6) is 1.92. The second-order valence-electron chi connectivity index (χ2n) is 5.91. The number of hydrogen-bond acceptors (Lipinski definition) is 1. The van der Waals surface area contributed by atoms with E-state index in [9.17, 15) is 5.11 Å². The van der Waals surface area contributed by atoms with E-state index in [4.69, 9.17) is 0 Å². The lowest BCUT2D eigenvalue weighted by atomic mass is 9.61. The van der Waals surface area contributed by atoms with Gasteiger partial charge in [-0.2, -0.15) is 0 Å². The third-order valence-corrected chi connectivity index (χ3v) is 5.09. The zero-order valence-electron chi connectivity index (χ0n) is 10.1. The van der Waals surface area contributed by atoms with Gasteiger partial charge in [0.2, 0.25) is 0 Å². The summed E-state index contributed by atoms with van der Waals surface area (Å²) in [5, 5.41) is 9.34. The van der Waals surface area contributed by atoms with E-state index in [-0.39, 0.29) is 0 Å². The van der Waals surface area contributed by atoms with Gasteiger partial charge in [-0.05, 0) is 55.3 Å². The zero-order chi connectivity index (χ0) is 11.1. The van der Waals surface area contributed by atoms with Crippen LogP contribution in [-0.2, 0) is 0 Å². The lowest BCUT2D eigenvalue weighted by Crippen LogP contribution is -2.36. The van der Waals surface area contributed by atoms with E-state index in [0.29, 0.717) is 23.9 Å². The van der Waals surface area contributed by atoms with Gasteiger partial charge in [0.25, 0.3) is 0 Å². The van der Waals surface area contributed by atoms with Crippen LogP contribution in [0.25, 0.3) is 0 Å². The molecule has 2 fully saturated rings. The topological polar surface area (TPSA) is 20.2 Å². The Balaban J connectivity index is 2.21. The van der Waals surface area contributed by atoms with Crippen molar-refractivity contribution < 1.29 is 5.11 Å². The molecule has 0 bridgehead atoms. The summed E-state index contributed by atoms with van der Waals surface area (Å²) in [5.41, 5.74) is 1.92. The molecule has 86 valence electrons. The summed E-state index contributed by atoms with van der Waals surface area (Å²) in [7, 11) is 0. The standard InChI is InChI=1S/C14H24O/c1-10-5-4-8-14(3)12(10)6-7-13(14)11(2)9-15/h11-13,15H,1,4-9H2,2-3H3/t11?,12?,13?,14-/m0/s1. The number of hydrogen-bond donors (Lipinski definition) is 1. The number of rotatable bonds is 2. The molecule has 15 heavy (non-hydrogen) atoms. The highest BCUT2D eigenvalue weighted by Gasteiger charge is 2.50. The Hall–Kier alpha value is -0.300. The Morgan fingerprint density at radius 3 is 2.93 bits per heavy atom. The average molecular weight is 208 g/mol. The zero-order valence-corrected chi connectivity index (χ0v) is 10.1. The number of aliphatic hydroxyl groups is 1. The normalized spacial score (nSPS) is 42.7. The van der Waals surface area contributed by atoms with Crippen molar-refractivity contribution in [2.75, 3.05) is 6.61 Å². The molecule has 1 heteroatoms. The molecule has 0 aromatic heterocycles. The SMILES string of the molecule is C=C1CCC[C@@]2(C)C1CCC2C(C)CO. The summed E-state index contributed by atoms with van der Waals surface area (Å²) < 4.78 is 0. The lowest BCUT2D eigenvalue weighted by molar-refractivity contribution is 0.0692. The lowest BCUT2D eigenvalue weighted by Gasteiger charge is -2.43. The molecule has 0 spiro atoms. The van der Waals surface area contributed by atoms with Crippen molar-refractivity contribution in [1.82, 2.24) is 0 Å². The Morgan fingerprint density at radius 1 is 1.53 bits per heavy atom. The molecule has 0 aliphatic heterocycles. The van der Waals surface area contributed by atoms with Crippen molar-refractivity contribution in [3.63, 3.8) is 0 Å². The van der Waals surface area contributed by atoms with Crippen LogP contribution < -0.4 is 0 Å². The van der Waals surface area contributed by atoms with Crippen LogP contribution in [0, 0.1) is 23.2 Å². The fraction of sp³-hybridized carbons (Fsp3) is 0.857. The molecule has 0 radical (unpaired) electrons. The Labute approximate surface area is 93.6 Å². The maximum Gasteiger partial charge on any atom is 0.0459 e. The summed E-state index contributed by atoms with van der Waals surface area (Å²) in [6, 6.07) is 0. The van der Waals surface area contributed by atoms with E-state index in [0.717, 1.165) is 5.92 Å². The molecule has 2 aliphatic carbocycles. The van der Waals surface area contributed by atoms with Crippen LogP contribution in [0.1, 0.15) is 46.0 Å². The Bertz CT molecular complexity index is 258. The first kappa shape index (κ1) is 11.2. The van der Waals surface area contributed by atoms with Gasteiger partial charge in [0.1, 0.15) is 0 Å². The molecule has 0 amide bonds. The second-order valence-corrected chi connectivity index (χ2v) is 5.91. The molecule has 1 N–H and O–H groups in total. The van der Waals surface area contributed by atoms with Gasteiger partial charge in [0.15, 0.2) is 0 Å². The summed E-state index contributed by atoms with van der Waals surface area (Å²) >= 11 is 0. The van der Waals surface area contributed by atoms with E-state index in [1.54, 1.807) is 0 Å². The Kier molecular flexibility index (Phi) is 2.94. The van der Waals surface area contributed by atoms with Crippen molar-refractivity contribution in [2.45, 2.75) is 46.0 Å². The smallest absolute Gasteiger partial charge is 0.0459 e. The fourth-order valence-electron chi connectivity index (χ4n) is 4.23. The third kappa shape index (κ3) is 1.65. The predicted octanol–water partition coefficient (Wildman–Crippen LogP) is 3.39. The minimum atomic E-state index is 0.347. The monoisotopic (exact) mass is 208 g/mol. The highest BCUT2D eigenvalue weighted by molar-refractivity contribution is 5.15. The van der Waals surface area contributed by atoms with Crippen molar-refractivity contribution in [2.24, 2.45) is 23.2 Å². The van der Waals surface area contributed by atoms with E-state index >= 15 is 0 Å². The molecular formula is C14H24O. The van der Waals surface area contributed by atoms with Gasteiger partial charge in [-0.1, -0.05) is 26.0 Å². The van der Waals surface area contributed by atoms with Crippen molar-refractivity contribution in [3.05, 3.63) is 12.2 Å². The van der Waals surface area contributed by atoms with Gasteiger partial charge in [0.05, 0.1) is 0 Å². The van der Waals surface area contributed by atoms with Crippen LogP contribution in [0.3, 0.4) is 0 Å². The third-order valence-electron chi connectivity index (χ3n) is 5.09. The van der Waals surface area contributed by atoms with Gasteiger partial charge >= 0.3 is 0 Å². The molecule has 2 rings (SSSR count). The van der Waals surface area contributed by atoms with Gasteiger partial charge in [-0.3, -0.25) is 0 Å². The van der Waals surface area contributed by atoms with E-state index in [1.807, 2.05) is 0 Å². The molecule has 2 aliphatic rings. The molecule has 0 heterocycles. The highest BCUT2D eigenvalue weighted by atomic mass is 16.3. The summed E-state index contributed by atoms with van der Waals surface area (Å²) in [4.78, 5) is 0. The first-order chi connectivity index (χ1) is 7.09. The first-order valence-electron chi connectivity index (χ1n) is 6.38. The maximum atomic E-state index is 9.34. The summed E-state index contributed by atoms with van der Waals surface area (Å²) in [6.07, 6.45) is 6.49. The molecule has 3 unspecified atom stereocenters. The van der Waals surface area contributed by atoms with E-state index < -0.39 is 0 Å². The largest absolute Gasteiger partial charge is 0.396 e. The van der Waals surface area contributed by atoms with Crippen LogP contribution in [0.5, 0.6) is 0 Å². The predicted molar refractivity (Wildman–Crippen MR) is 63.6 cm³/mol. The maximum absolute atomic E-state index is 9.34. The second kappa shape index (κ2) is 3.93. The van der Waals surface area contributed by atoms with E-state index in [1.165, 1.54) is 37.7 Å². The van der Waals surface area contributed by atoms with Crippen LogP contribution >= 0.6 is 0 Å². The molecule has 0 aromatic carbocycles. The van der Waals surface area contributed by atoms with Gasteiger partial charge in [-0.15, -0.1) is 0 Å². The number of aliphatic hydroxyl groups excluding tert-OH is 1. The van der Waals surface area contributed by atoms with Gasteiger partial charge < -0.3 is 5.11 Å². The molecule has 0 saturated heterocycles. The fourth-order valence-corrected chi connectivity index (χ4v) is 4.23. The average Bonchev–Trinajstić information content (AvgIpc) is 2.56. The molecule has 1 nitrogen and oxygen atoms in total. The number of allylic oxidation sites excluding steroid dienone is 1. The minimum absolute atomic E-state index is 0.347. The molecular weight excluding hydrogens is 184 g/mol. The van der Waals surface area contributed by atoms with Gasteiger partial charge in [-0.25, -0.2) is 0 Å². The molecule has 2 saturated carbocycles. The first-order valence-corrected chi connectivity index (χ1v) is 6.38. The Morgan fingerprint density at radius 2 is 2.27 bits per heavy atom. The quantitative estimate of drug-likeness (QED) is 0.690. The highest BCUT2D eigenvalue weighted by Crippen LogP contribution is 2.58. The summed E-state index contributed by atoms with van der Waals surface area (Å²) in [6.45, 7) is 9.25. The van der Waals surface area contributed by atoms with Crippen LogP contribution in [0.4, 0.5) is 0 Å². The number of fused-ring (bicyclic) bond motifs is 1. The van der Waals surface area contributed by atoms with Gasteiger partial charge in [0, 0.05) is 6.61 Å². The molecule has 0 aromatic rings. The van der Waals surface area contributed by atoms with Crippen LogP contribution in [0.2, 0.25) is 0 Å². The van der Waals surface area contributed by atoms with Crippen molar-refractivity contribution in [3.8, 4) is 0 Å².